The monoisotopic (exact) mass is 455 g/mol. The molecule has 0 spiro atoms. The molecule has 8 heteroatoms. The van der Waals surface area contributed by atoms with Crippen LogP contribution in [-0.4, -0.2) is 30.8 Å². The lowest BCUT2D eigenvalue weighted by Gasteiger charge is -2.11. The van der Waals surface area contributed by atoms with Crippen LogP contribution in [0.4, 0.5) is 0 Å². The minimum atomic E-state index is -0.161. The molecule has 2 heterocycles. The Morgan fingerprint density at radius 1 is 0.939 bits per heavy atom. The molecular formula is C25H21N5O2S. The number of nitrogens with one attached hydrogen (secondary N) is 1. The van der Waals surface area contributed by atoms with Crippen LogP contribution < -0.4 is 10.9 Å². The second-order valence-electron chi connectivity index (χ2n) is 7.66. The second kappa shape index (κ2) is 8.91. The summed E-state index contributed by atoms with van der Waals surface area (Å²) in [6.45, 7) is 2.47. The lowest BCUT2D eigenvalue weighted by Crippen LogP contribution is -2.24. The van der Waals surface area contributed by atoms with Gasteiger partial charge in [-0.3, -0.25) is 14.0 Å². The minimum absolute atomic E-state index is 0.100. The molecule has 0 unspecified atom stereocenters. The van der Waals surface area contributed by atoms with Crippen molar-refractivity contribution in [2.45, 2.75) is 18.6 Å². The molecule has 0 fully saturated rings. The first-order chi connectivity index (χ1) is 16.1. The Labute approximate surface area is 194 Å². The SMILES string of the molecule is Cc1ccc(-n2c(=O)c3ccccc3n3c(SCC(=O)NCc4ccccc4)nnc23)cc1. The number of aryl methyl sites for hydroxylation is 1. The van der Waals surface area contributed by atoms with Gasteiger partial charge in [-0.1, -0.05) is 71.9 Å². The molecule has 33 heavy (non-hydrogen) atoms. The van der Waals surface area contributed by atoms with Crippen molar-refractivity contribution >= 4 is 34.3 Å². The molecule has 0 aliphatic heterocycles. The third kappa shape index (κ3) is 4.12. The van der Waals surface area contributed by atoms with Crippen LogP contribution in [-0.2, 0) is 11.3 Å². The van der Waals surface area contributed by atoms with Gasteiger partial charge < -0.3 is 5.32 Å². The van der Waals surface area contributed by atoms with E-state index in [1.807, 2.05) is 84.1 Å². The number of amides is 1. The van der Waals surface area contributed by atoms with Gasteiger partial charge in [-0.15, -0.1) is 10.2 Å². The van der Waals surface area contributed by atoms with E-state index in [0.29, 0.717) is 34.1 Å². The highest BCUT2D eigenvalue weighted by Crippen LogP contribution is 2.23. The van der Waals surface area contributed by atoms with Crippen molar-refractivity contribution in [2.75, 3.05) is 5.75 Å². The smallest absolute Gasteiger partial charge is 0.267 e. The van der Waals surface area contributed by atoms with Crippen molar-refractivity contribution in [2.24, 2.45) is 0 Å². The highest BCUT2D eigenvalue weighted by molar-refractivity contribution is 7.99. The average molecular weight is 456 g/mol. The zero-order valence-electron chi connectivity index (χ0n) is 17.9. The lowest BCUT2D eigenvalue weighted by atomic mass is 10.2. The van der Waals surface area contributed by atoms with E-state index >= 15 is 0 Å². The highest BCUT2D eigenvalue weighted by Gasteiger charge is 2.18. The summed E-state index contributed by atoms with van der Waals surface area (Å²) in [5.74, 6) is 0.498. The highest BCUT2D eigenvalue weighted by atomic mass is 32.2. The van der Waals surface area contributed by atoms with Crippen molar-refractivity contribution in [3.05, 3.63) is 100 Å². The van der Waals surface area contributed by atoms with Crippen LogP contribution >= 0.6 is 11.8 Å². The molecule has 5 rings (SSSR count). The van der Waals surface area contributed by atoms with Crippen molar-refractivity contribution < 1.29 is 4.79 Å². The predicted octanol–water partition coefficient (Wildman–Crippen LogP) is 3.75. The second-order valence-corrected chi connectivity index (χ2v) is 8.60. The molecule has 7 nitrogen and oxygen atoms in total. The summed E-state index contributed by atoms with van der Waals surface area (Å²) >= 11 is 1.29. The van der Waals surface area contributed by atoms with E-state index in [9.17, 15) is 9.59 Å². The lowest BCUT2D eigenvalue weighted by molar-refractivity contribution is -0.118. The molecular weight excluding hydrogens is 434 g/mol. The number of benzene rings is 3. The molecule has 0 bridgehead atoms. The summed E-state index contributed by atoms with van der Waals surface area (Å²) in [6.07, 6.45) is 0. The summed E-state index contributed by atoms with van der Waals surface area (Å²) in [4.78, 5) is 25.8. The number of thioether (sulfide) groups is 1. The number of carbonyl (C=O) groups excluding carboxylic acids is 1. The molecule has 0 saturated heterocycles. The van der Waals surface area contributed by atoms with E-state index in [1.54, 1.807) is 10.6 Å². The standard InChI is InChI=1S/C25H21N5O2S/c1-17-11-13-19(14-12-17)29-23(32)20-9-5-6-10-21(20)30-24(29)27-28-25(30)33-16-22(31)26-15-18-7-3-2-4-8-18/h2-14H,15-16H2,1H3,(H,26,31). The number of para-hydroxylation sites is 1. The van der Waals surface area contributed by atoms with Gasteiger partial charge in [0.25, 0.3) is 5.56 Å². The number of hydrogen-bond acceptors (Lipinski definition) is 5. The maximum Gasteiger partial charge on any atom is 0.267 e. The van der Waals surface area contributed by atoms with Crippen molar-refractivity contribution in [3.63, 3.8) is 0 Å². The molecule has 3 aromatic carbocycles. The molecule has 1 amide bonds. The number of aromatic nitrogens is 4. The Bertz CT molecular complexity index is 1510. The predicted molar refractivity (Wildman–Crippen MR) is 130 cm³/mol. The van der Waals surface area contributed by atoms with Crippen LogP contribution in [0.1, 0.15) is 11.1 Å². The fraction of sp³-hybridized carbons (Fsp3) is 0.120. The Balaban J connectivity index is 1.50. The molecule has 0 aliphatic carbocycles. The van der Waals surface area contributed by atoms with Gasteiger partial charge in [0.1, 0.15) is 0 Å². The van der Waals surface area contributed by atoms with E-state index in [1.165, 1.54) is 11.8 Å². The minimum Gasteiger partial charge on any atom is -0.351 e. The third-order valence-electron chi connectivity index (χ3n) is 5.35. The molecule has 2 aromatic heterocycles. The van der Waals surface area contributed by atoms with Crippen LogP contribution in [0.25, 0.3) is 22.4 Å². The maximum absolute atomic E-state index is 13.3. The van der Waals surface area contributed by atoms with Gasteiger partial charge >= 0.3 is 0 Å². The molecule has 1 N–H and O–H groups in total. The number of hydrogen-bond donors (Lipinski definition) is 1. The van der Waals surface area contributed by atoms with Gasteiger partial charge in [-0.25, -0.2) is 4.57 Å². The van der Waals surface area contributed by atoms with Crippen LogP contribution in [0.3, 0.4) is 0 Å². The summed E-state index contributed by atoms with van der Waals surface area (Å²) in [7, 11) is 0. The van der Waals surface area contributed by atoms with Crippen LogP contribution in [0.15, 0.2) is 88.8 Å². The molecule has 164 valence electrons. The maximum atomic E-state index is 13.3. The van der Waals surface area contributed by atoms with Gasteiger partial charge in [0, 0.05) is 6.54 Å². The Kier molecular flexibility index (Phi) is 5.66. The first kappa shape index (κ1) is 21.0. The van der Waals surface area contributed by atoms with E-state index in [-0.39, 0.29) is 17.2 Å². The Morgan fingerprint density at radius 3 is 2.45 bits per heavy atom. The number of rotatable bonds is 6. The van der Waals surface area contributed by atoms with Gasteiger partial charge in [0.15, 0.2) is 5.16 Å². The largest absolute Gasteiger partial charge is 0.351 e. The zero-order chi connectivity index (χ0) is 22.8. The van der Waals surface area contributed by atoms with Gasteiger partial charge in [0.05, 0.1) is 22.3 Å². The van der Waals surface area contributed by atoms with Crippen molar-refractivity contribution in [3.8, 4) is 5.69 Å². The van der Waals surface area contributed by atoms with E-state index in [0.717, 1.165) is 11.1 Å². The van der Waals surface area contributed by atoms with E-state index in [2.05, 4.69) is 15.5 Å². The number of carbonyl (C=O) groups is 1. The average Bonchev–Trinajstić information content (AvgIpc) is 3.27. The van der Waals surface area contributed by atoms with Crippen LogP contribution in [0, 0.1) is 6.92 Å². The van der Waals surface area contributed by atoms with E-state index in [4.69, 9.17) is 0 Å². The quantitative estimate of drug-likeness (QED) is 0.395. The van der Waals surface area contributed by atoms with Gasteiger partial charge in [-0.05, 0) is 36.8 Å². The fourth-order valence-corrected chi connectivity index (χ4v) is 4.45. The van der Waals surface area contributed by atoms with Crippen molar-refractivity contribution in [1.29, 1.82) is 0 Å². The normalized spacial score (nSPS) is 11.2. The summed E-state index contributed by atoms with van der Waals surface area (Å²) in [6, 6.07) is 24.8. The first-order valence-corrected chi connectivity index (χ1v) is 11.5. The summed E-state index contributed by atoms with van der Waals surface area (Å²) < 4.78 is 3.40. The van der Waals surface area contributed by atoms with Crippen molar-refractivity contribution in [1.82, 2.24) is 24.5 Å². The molecule has 0 aliphatic rings. The first-order valence-electron chi connectivity index (χ1n) is 10.5. The fourth-order valence-electron chi connectivity index (χ4n) is 3.68. The van der Waals surface area contributed by atoms with Gasteiger partial charge in [-0.2, -0.15) is 0 Å². The zero-order valence-corrected chi connectivity index (χ0v) is 18.7. The number of nitrogens with zero attached hydrogens (tertiary/aromatic N) is 4. The number of fused-ring (bicyclic) bond motifs is 3. The summed E-state index contributed by atoms with van der Waals surface area (Å²) in [5.41, 5.74) is 3.40. The van der Waals surface area contributed by atoms with Gasteiger partial charge in [0.2, 0.25) is 11.7 Å². The topological polar surface area (TPSA) is 81.3 Å². The Hall–Kier alpha value is -3.91. The molecule has 0 radical (unpaired) electrons. The van der Waals surface area contributed by atoms with E-state index < -0.39 is 0 Å². The molecule has 0 saturated carbocycles. The Morgan fingerprint density at radius 2 is 1.67 bits per heavy atom. The van der Waals surface area contributed by atoms with Crippen LogP contribution in [0.5, 0.6) is 0 Å². The van der Waals surface area contributed by atoms with Crippen LogP contribution in [0.2, 0.25) is 0 Å². The third-order valence-corrected chi connectivity index (χ3v) is 6.28. The summed E-state index contributed by atoms with van der Waals surface area (Å²) in [5, 5.41) is 12.7. The molecule has 5 aromatic rings. The molecule has 0 atom stereocenters.